The average molecular weight is 327 g/mol. The average Bonchev–Trinajstić information content (AvgIpc) is 2.51. The lowest BCUT2D eigenvalue weighted by molar-refractivity contribution is 0.122. The number of hydrogen-bond donors (Lipinski definition) is 2. The van der Waals surface area contributed by atoms with Crippen LogP contribution in [0.3, 0.4) is 0 Å². The first-order chi connectivity index (χ1) is 9.57. The van der Waals surface area contributed by atoms with Gasteiger partial charge >= 0.3 is 17.4 Å². The quantitative estimate of drug-likeness (QED) is 0.366. The maximum atomic E-state index is 5.71. The van der Waals surface area contributed by atoms with Gasteiger partial charge in [-0.2, -0.15) is 0 Å². The van der Waals surface area contributed by atoms with Crippen LogP contribution >= 0.6 is 0 Å². The summed E-state index contributed by atoms with van der Waals surface area (Å²) in [6, 6.07) is 0.850. The Balaban J connectivity index is 4.57. The molecule has 0 spiro atoms. The van der Waals surface area contributed by atoms with Crippen LogP contribution < -0.4 is 11.1 Å². The maximum absolute atomic E-state index is 5.71. The van der Waals surface area contributed by atoms with Gasteiger partial charge in [0.05, 0.1) is 5.67 Å². The monoisotopic (exact) mass is 326 g/mol. The molecule has 0 aromatic rings. The van der Waals surface area contributed by atoms with Gasteiger partial charge in [0.2, 0.25) is 0 Å². The van der Waals surface area contributed by atoms with E-state index in [1.54, 1.807) is 35.5 Å². The van der Waals surface area contributed by atoms with E-state index in [1.165, 1.54) is 0 Å². The van der Waals surface area contributed by atoms with Crippen molar-refractivity contribution >= 4 is 17.4 Å². The number of nitrogens with one attached hydrogen (secondary N) is 1. The minimum atomic E-state index is -2.70. The van der Waals surface area contributed by atoms with E-state index in [4.69, 9.17) is 27.9 Å². The minimum Gasteiger partial charge on any atom is -0.398 e. The third-order valence-corrected chi connectivity index (χ3v) is 11.8. The first-order valence-corrected chi connectivity index (χ1v) is 10.9. The molecule has 0 aromatic heterocycles. The molecule has 0 aromatic carbocycles. The molecule has 0 aliphatic rings. The molecule has 0 saturated heterocycles. The molecule has 0 radical (unpaired) electrons. The van der Waals surface area contributed by atoms with Gasteiger partial charge in [-0.25, -0.2) is 0 Å². The van der Waals surface area contributed by atoms with E-state index in [9.17, 15) is 0 Å². The zero-order valence-corrected chi connectivity index (χ0v) is 15.4. The molecule has 0 saturated carbocycles. The topological polar surface area (TPSA) is 84.2 Å². The van der Waals surface area contributed by atoms with Gasteiger partial charge in [-0.05, 0) is 19.0 Å². The summed E-state index contributed by atoms with van der Waals surface area (Å²) in [5, 5.41) is 3.26. The standard InChI is InChI=1S/C11H30N2O5Si2/c1-14-19(15-2,10-6-8-13-9-7-12)11-20(16-3,17-4)18-5/h13H,6-12H2,1-5H3. The lowest BCUT2D eigenvalue weighted by Gasteiger charge is -2.34. The van der Waals surface area contributed by atoms with Crippen molar-refractivity contribution in [2.45, 2.75) is 18.1 Å². The predicted molar refractivity (Wildman–Crippen MR) is 82.7 cm³/mol. The Kier molecular flexibility index (Phi) is 10.9. The molecule has 0 amide bonds. The normalized spacial score (nSPS) is 12.9. The molecule has 0 aliphatic heterocycles. The van der Waals surface area contributed by atoms with E-state index in [1.807, 2.05) is 0 Å². The van der Waals surface area contributed by atoms with E-state index in [0.29, 0.717) is 12.2 Å². The van der Waals surface area contributed by atoms with Crippen molar-refractivity contribution in [3.8, 4) is 0 Å². The molecule has 3 N–H and O–H groups in total. The lowest BCUT2D eigenvalue weighted by Crippen LogP contribution is -2.54. The molecular formula is C11H30N2O5Si2. The van der Waals surface area contributed by atoms with Crippen LogP contribution in [-0.2, 0) is 22.1 Å². The molecule has 0 atom stereocenters. The third-order valence-electron chi connectivity index (χ3n) is 3.40. The molecule has 0 aliphatic carbocycles. The number of rotatable bonds is 13. The van der Waals surface area contributed by atoms with Gasteiger partial charge in [0.15, 0.2) is 0 Å². The van der Waals surface area contributed by atoms with Crippen molar-refractivity contribution in [2.75, 3.05) is 55.2 Å². The largest absolute Gasteiger partial charge is 0.502 e. The highest BCUT2D eigenvalue weighted by atomic mass is 28.4. The second-order valence-electron chi connectivity index (χ2n) is 4.43. The van der Waals surface area contributed by atoms with Crippen molar-refractivity contribution < 1.29 is 22.1 Å². The van der Waals surface area contributed by atoms with Crippen molar-refractivity contribution in [1.82, 2.24) is 5.32 Å². The Morgan fingerprint density at radius 1 is 0.850 bits per heavy atom. The second-order valence-corrected chi connectivity index (χ2v) is 11.6. The second kappa shape index (κ2) is 10.8. The zero-order chi connectivity index (χ0) is 15.5. The molecule has 0 bridgehead atoms. The minimum absolute atomic E-state index is 0.577. The number of nitrogens with two attached hydrogens (primary N) is 1. The fraction of sp³-hybridized carbons (Fsp3) is 1.00. The van der Waals surface area contributed by atoms with Crippen LogP contribution in [0, 0.1) is 0 Å². The van der Waals surface area contributed by atoms with Gasteiger partial charge < -0.3 is 33.2 Å². The summed E-state index contributed by atoms with van der Waals surface area (Å²) in [5.41, 5.74) is 6.02. The van der Waals surface area contributed by atoms with E-state index in [0.717, 1.165) is 25.6 Å². The zero-order valence-electron chi connectivity index (χ0n) is 13.4. The summed E-state index contributed by atoms with van der Waals surface area (Å²) in [4.78, 5) is 0. The first kappa shape index (κ1) is 20.2. The summed E-state index contributed by atoms with van der Waals surface area (Å²) >= 11 is 0. The SMILES string of the molecule is CO[Si](CCCNCCN)(C[Si](OC)(OC)OC)OC. The van der Waals surface area contributed by atoms with E-state index in [-0.39, 0.29) is 0 Å². The highest BCUT2D eigenvalue weighted by Gasteiger charge is 2.51. The third kappa shape index (κ3) is 6.28. The Hall–Kier alpha value is 0.154. The van der Waals surface area contributed by atoms with Gasteiger partial charge in [0, 0.05) is 48.6 Å². The van der Waals surface area contributed by atoms with Gasteiger partial charge in [-0.15, -0.1) is 0 Å². The fourth-order valence-electron chi connectivity index (χ4n) is 2.03. The van der Waals surface area contributed by atoms with Crippen LogP contribution in [0.1, 0.15) is 6.42 Å². The highest BCUT2D eigenvalue weighted by molar-refractivity contribution is 6.83. The lowest BCUT2D eigenvalue weighted by atomic mass is 10.5. The summed E-state index contributed by atoms with van der Waals surface area (Å²) in [6.07, 6.45) is 0.954. The van der Waals surface area contributed by atoms with Gasteiger partial charge in [-0.3, -0.25) is 0 Å². The summed E-state index contributed by atoms with van der Waals surface area (Å²) < 4.78 is 27.9. The molecule has 122 valence electrons. The Labute approximate surface area is 124 Å². The Morgan fingerprint density at radius 2 is 1.40 bits per heavy atom. The van der Waals surface area contributed by atoms with Crippen molar-refractivity contribution in [3.63, 3.8) is 0 Å². The molecule has 9 heteroatoms. The number of hydrogen-bond acceptors (Lipinski definition) is 7. The summed E-state index contributed by atoms with van der Waals surface area (Å²) in [7, 11) is 3.09. The van der Waals surface area contributed by atoms with Crippen LogP contribution in [0.15, 0.2) is 0 Å². The molecule has 0 rings (SSSR count). The van der Waals surface area contributed by atoms with Gasteiger partial charge in [-0.1, -0.05) is 0 Å². The van der Waals surface area contributed by atoms with Crippen LogP contribution in [0.25, 0.3) is 0 Å². The van der Waals surface area contributed by atoms with E-state index < -0.39 is 17.4 Å². The molecule has 0 fully saturated rings. The van der Waals surface area contributed by atoms with Crippen molar-refractivity contribution in [1.29, 1.82) is 0 Å². The molecule has 20 heavy (non-hydrogen) atoms. The molecular weight excluding hydrogens is 296 g/mol. The Morgan fingerprint density at radius 3 is 1.80 bits per heavy atom. The first-order valence-electron chi connectivity index (χ1n) is 6.74. The molecule has 0 heterocycles. The molecule has 7 nitrogen and oxygen atoms in total. The van der Waals surface area contributed by atoms with Gasteiger partial charge in [0.25, 0.3) is 0 Å². The van der Waals surface area contributed by atoms with Crippen LogP contribution in [-0.4, -0.2) is 72.5 Å². The van der Waals surface area contributed by atoms with Crippen LogP contribution in [0.2, 0.25) is 11.7 Å². The van der Waals surface area contributed by atoms with Gasteiger partial charge in [0.1, 0.15) is 0 Å². The Bertz CT molecular complexity index is 233. The maximum Gasteiger partial charge on any atom is 0.502 e. The summed E-state index contributed by atoms with van der Waals surface area (Å²) in [5.74, 6) is 0. The summed E-state index contributed by atoms with van der Waals surface area (Å²) in [6.45, 7) is 2.35. The van der Waals surface area contributed by atoms with E-state index in [2.05, 4.69) is 5.32 Å². The fourth-order valence-corrected chi connectivity index (χ4v) is 10.0. The van der Waals surface area contributed by atoms with Crippen LogP contribution in [0.4, 0.5) is 0 Å². The highest BCUT2D eigenvalue weighted by Crippen LogP contribution is 2.27. The molecule has 0 unspecified atom stereocenters. The van der Waals surface area contributed by atoms with Crippen molar-refractivity contribution in [2.24, 2.45) is 5.73 Å². The van der Waals surface area contributed by atoms with Crippen molar-refractivity contribution in [3.05, 3.63) is 0 Å². The predicted octanol–water partition coefficient (Wildman–Crippen LogP) is 0.0771. The van der Waals surface area contributed by atoms with Crippen LogP contribution in [0.5, 0.6) is 0 Å². The van der Waals surface area contributed by atoms with E-state index >= 15 is 0 Å². The smallest absolute Gasteiger partial charge is 0.398 e.